The number of nitrogens with one attached hydrogen (secondary N) is 1. The van der Waals surface area contributed by atoms with Crippen LogP contribution in [0, 0.1) is 0 Å². The normalized spacial score (nSPS) is 22.5. The summed E-state index contributed by atoms with van der Waals surface area (Å²) in [7, 11) is 2.09. The van der Waals surface area contributed by atoms with E-state index in [-0.39, 0.29) is 0 Å². The van der Waals surface area contributed by atoms with Crippen LogP contribution in [0.4, 0.5) is 0 Å². The third-order valence-electron chi connectivity index (χ3n) is 4.48. The summed E-state index contributed by atoms with van der Waals surface area (Å²) in [6.07, 6.45) is 5.33. The number of halogens is 1. The van der Waals surface area contributed by atoms with Crippen LogP contribution in [0.15, 0.2) is 12.3 Å². The van der Waals surface area contributed by atoms with Gasteiger partial charge < -0.3 is 5.10 Å². The van der Waals surface area contributed by atoms with Gasteiger partial charge in [-0.15, -0.1) is 0 Å². The lowest BCUT2D eigenvalue weighted by Crippen LogP contribution is -2.39. The first-order valence-corrected chi connectivity index (χ1v) is 7.18. The van der Waals surface area contributed by atoms with Crippen molar-refractivity contribution in [3.05, 3.63) is 39.9 Å². The van der Waals surface area contributed by atoms with Crippen LogP contribution in [-0.4, -0.2) is 25.7 Å². The van der Waals surface area contributed by atoms with E-state index in [4.69, 9.17) is 11.6 Å². The largest absolute Gasteiger partial charge is 0.301 e. The van der Waals surface area contributed by atoms with Crippen LogP contribution in [0.3, 0.4) is 0 Å². The molecular weight excluding hydrogens is 260 g/mol. The molecular formula is C14H17ClN4. The number of aromatic nitrogens is 3. The molecule has 0 aromatic carbocycles. The minimum Gasteiger partial charge on any atom is -0.301 e. The summed E-state index contributed by atoms with van der Waals surface area (Å²) in [6, 6.07) is 2.69. The van der Waals surface area contributed by atoms with Crippen LogP contribution in [0.5, 0.6) is 0 Å². The Bertz CT molecular complexity index is 627. The lowest BCUT2D eigenvalue weighted by molar-refractivity contribution is 0.173. The van der Waals surface area contributed by atoms with Crippen molar-refractivity contribution in [3.8, 4) is 0 Å². The van der Waals surface area contributed by atoms with Crippen molar-refractivity contribution < 1.29 is 0 Å². The van der Waals surface area contributed by atoms with Gasteiger partial charge in [-0.3, -0.25) is 14.6 Å². The number of aryl methyl sites for hydroxylation is 1. The van der Waals surface area contributed by atoms with E-state index in [0.717, 1.165) is 24.5 Å². The minimum atomic E-state index is 0.632. The van der Waals surface area contributed by atoms with Crippen molar-refractivity contribution in [2.24, 2.45) is 7.05 Å². The van der Waals surface area contributed by atoms with E-state index >= 15 is 0 Å². The molecule has 5 heteroatoms. The molecule has 2 aliphatic rings. The van der Waals surface area contributed by atoms with Crippen molar-refractivity contribution in [2.45, 2.75) is 38.4 Å². The number of aromatic amines is 1. The summed E-state index contributed by atoms with van der Waals surface area (Å²) in [4.78, 5) is 6.99. The molecule has 4 nitrogen and oxygen atoms in total. The average Bonchev–Trinajstić information content (AvgIpc) is 2.79. The Balaban J connectivity index is 1.52. The van der Waals surface area contributed by atoms with Gasteiger partial charge in [-0.2, -0.15) is 0 Å². The molecule has 4 rings (SSSR count). The van der Waals surface area contributed by atoms with Gasteiger partial charge in [0, 0.05) is 38.8 Å². The van der Waals surface area contributed by atoms with E-state index in [9.17, 15) is 0 Å². The van der Waals surface area contributed by atoms with Gasteiger partial charge in [0.25, 0.3) is 0 Å². The standard InChI is InChI=1S/C14H17ClN4/c1-18-14-3-2-11(5-12(14)17-18)19-7-9-4-10(15)6-16-13(9)8-19/h4,6,11,17H,2-3,5,7-8H2,1H3. The second-order valence-corrected chi connectivity index (χ2v) is 6.09. The van der Waals surface area contributed by atoms with Gasteiger partial charge in [-0.25, -0.2) is 0 Å². The van der Waals surface area contributed by atoms with Gasteiger partial charge in [-0.05, 0) is 24.5 Å². The second kappa shape index (κ2) is 4.12. The molecule has 0 amide bonds. The maximum atomic E-state index is 6.02. The van der Waals surface area contributed by atoms with Gasteiger partial charge in [0.05, 0.1) is 22.1 Å². The molecule has 1 unspecified atom stereocenters. The topological polar surface area (TPSA) is 36.9 Å². The van der Waals surface area contributed by atoms with E-state index in [1.54, 1.807) is 6.20 Å². The lowest BCUT2D eigenvalue weighted by atomic mass is 9.93. The molecule has 3 heterocycles. The van der Waals surface area contributed by atoms with E-state index in [1.165, 1.54) is 35.5 Å². The fourth-order valence-electron chi connectivity index (χ4n) is 3.43. The SMILES string of the molecule is Cn1[nH]c2c1CCC(N1Cc3cc(Cl)cnc3C1)C2. The summed E-state index contributed by atoms with van der Waals surface area (Å²) in [5, 5.41) is 4.12. The van der Waals surface area contributed by atoms with Crippen molar-refractivity contribution in [1.82, 2.24) is 19.7 Å². The van der Waals surface area contributed by atoms with Crippen molar-refractivity contribution in [1.29, 1.82) is 0 Å². The van der Waals surface area contributed by atoms with Crippen LogP contribution >= 0.6 is 11.6 Å². The van der Waals surface area contributed by atoms with E-state index in [1.807, 2.05) is 0 Å². The predicted octanol–water partition coefficient (Wildman–Crippen LogP) is 2.27. The fraction of sp³-hybridized carbons (Fsp3) is 0.500. The van der Waals surface area contributed by atoms with Crippen LogP contribution < -0.4 is 0 Å². The molecule has 0 fully saturated rings. The van der Waals surface area contributed by atoms with Crippen molar-refractivity contribution in [2.75, 3.05) is 0 Å². The predicted molar refractivity (Wildman–Crippen MR) is 74.1 cm³/mol. The van der Waals surface area contributed by atoms with Crippen LogP contribution in [0.1, 0.15) is 29.1 Å². The molecule has 1 N–H and O–H groups in total. The highest BCUT2D eigenvalue weighted by atomic mass is 35.5. The summed E-state index contributed by atoms with van der Waals surface area (Å²) in [5.74, 6) is 0. The molecule has 1 atom stereocenters. The van der Waals surface area contributed by atoms with Gasteiger partial charge >= 0.3 is 0 Å². The molecule has 100 valence electrons. The Labute approximate surface area is 117 Å². The maximum absolute atomic E-state index is 6.02. The monoisotopic (exact) mass is 276 g/mol. The fourth-order valence-corrected chi connectivity index (χ4v) is 3.61. The molecule has 0 bridgehead atoms. The number of fused-ring (bicyclic) bond motifs is 2. The van der Waals surface area contributed by atoms with Gasteiger partial charge in [0.1, 0.15) is 0 Å². The Morgan fingerprint density at radius 3 is 3.11 bits per heavy atom. The molecule has 2 aromatic rings. The number of nitrogens with zero attached hydrogens (tertiary/aromatic N) is 3. The third kappa shape index (κ3) is 1.82. The third-order valence-corrected chi connectivity index (χ3v) is 4.69. The lowest BCUT2D eigenvalue weighted by Gasteiger charge is -2.35. The zero-order valence-corrected chi connectivity index (χ0v) is 11.7. The van der Waals surface area contributed by atoms with E-state index in [2.05, 4.69) is 32.8 Å². The molecule has 1 aliphatic carbocycles. The Morgan fingerprint density at radius 1 is 1.42 bits per heavy atom. The molecule has 2 aromatic heterocycles. The summed E-state index contributed by atoms with van der Waals surface area (Å²) >= 11 is 6.02. The first kappa shape index (κ1) is 11.6. The van der Waals surface area contributed by atoms with Crippen LogP contribution in [-0.2, 0) is 33.0 Å². The number of rotatable bonds is 1. The number of H-pyrrole nitrogens is 1. The van der Waals surface area contributed by atoms with Gasteiger partial charge in [-0.1, -0.05) is 11.6 Å². The molecule has 1 aliphatic heterocycles. The van der Waals surface area contributed by atoms with Crippen molar-refractivity contribution >= 4 is 11.6 Å². The Morgan fingerprint density at radius 2 is 2.32 bits per heavy atom. The highest BCUT2D eigenvalue weighted by Crippen LogP contribution is 2.31. The summed E-state index contributed by atoms with van der Waals surface area (Å²) in [6.45, 7) is 1.96. The molecule has 19 heavy (non-hydrogen) atoms. The van der Waals surface area contributed by atoms with E-state index in [0.29, 0.717) is 6.04 Å². The zero-order chi connectivity index (χ0) is 13.0. The number of pyridine rings is 1. The smallest absolute Gasteiger partial charge is 0.0592 e. The Kier molecular flexibility index (Phi) is 2.50. The zero-order valence-electron chi connectivity index (χ0n) is 11.0. The van der Waals surface area contributed by atoms with Crippen molar-refractivity contribution in [3.63, 3.8) is 0 Å². The molecule has 0 saturated carbocycles. The minimum absolute atomic E-state index is 0.632. The maximum Gasteiger partial charge on any atom is 0.0592 e. The highest BCUT2D eigenvalue weighted by Gasteiger charge is 2.31. The summed E-state index contributed by atoms with van der Waals surface area (Å²) in [5.41, 5.74) is 5.42. The first-order valence-electron chi connectivity index (χ1n) is 6.80. The number of hydrogen-bond acceptors (Lipinski definition) is 2. The Hall–Kier alpha value is -1.26. The first-order chi connectivity index (χ1) is 9.20. The van der Waals surface area contributed by atoms with Gasteiger partial charge in [0.15, 0.2) is 0 Å². The average molecular weight is 277 g/mol. The van der Waals surface area contributed by atoms with E-state index < -0.39 is 0 Å². The van der Waals surface area contributed by atoms with Gasteiger partial charge in [0.2, 0.25) is 0 Å². The molecule has 0 saturated heterocycles. The molecule has 0 spiro atoms. The second-order valence-electron chi connectivity index (χ2n) is 5.66. The number of hydrogen-bond donors (Lipinski definition) is 1. The van der Waals surface area contributed by atoms with Crippen LogP contribution in [0.2, 0.25) is 5.02 Å². The molecule has 0 radical (unpaired) electrons. The summed E-state index contributed by atoms with van der Waals surface area (Å²) < 4.78 is 2.14. The van der Waals surface area contributed by atoms with Crippen LogP contribution in [0.25, 0.3) is 0 Å². The highest BCUT2D eigenvalue weighted by molar-refractivity contribution is 6.30. The quantitative estimate of drug-likeness (QED) is 0.868.